The third-order valence-corrected chi connectivity index (χ3v) is 10.7. The second kappa shape index (κ2) is 16.8. The molecule has 1 aromatic heterocycles. The minimum atomic E-state index is -0.975. The molecule has 7 heteroatoms. The van der Waals surface area contributed by atoms with E-state index < -0.39 is 23.6 Å². The van der Waals surface area contributed by atoms with Crippen molar-refractivity contribution < 1.29 is 30.3 Å². The van der Waals surface area contributed by atoms with E-state index in [4.69, 9.17) is 0 Å². The van der Waals surface area contributed by atoms with Gasteiger partial charge in [-0.3, -0.25) is 4.79 Å². The summed E-state index contributed by atoms with van der Waals surface area (Å²) in [4.78, 5) is 16.1. The Kier molecular flexibility index (Phi) is 13.2. The maximum atomic E-state index is 12.5. The number of aromatic amines is 1. The molecule has 7 nitrogen and oxygen atoms in total. The zero-order valence-electron chi connectivity index (χ0n) is 26.8. The predicted octanol–water partition coefficient (Wildman–Crippen LogP) is 7.93. The molecule has 1 heterocycles. The van der Waals surface area contributed by atoms with E-state index in [2.05, 4.69) is 18.0 Å². The van der Waals surface area contributed by atoms with Crippen LogP contribution in [0.5, 0.6) is 5.75 Å². The zero-order chi connectivity index (χ0) is 31.5. The van der Waals surface area contributed by atoms with E-state index in [1.54, 1.807) is 12.1 Å². The van der Waals surface area contributed by atoms with Crippen molar-refractivity contribution in [2.24, 2.45) is 17.8 Å². The molecule has 4 rings (SSSR count). The molecule has 246 valence electrons. The lowest BCUT2D eigenvalue weighted by Gasteiger charge is -2.39. The standard InChI is InChI=1S/C37H57NO6/c1-2-3-4-5-8-14-28(39)15-9-6-7-12-26-18-19-30(33-21-20-32(38-33)27-13-10-16-29(40)25-27)31-17-11-23-37(31,44)24-22-34(41)35(26)36(42)43/h10,13,16,20-21,25-26,28,30-31,34-35,38-41,44H,2-9,11-12,14-15,17-19,22-24H2,1H3,(H,42,43). The topological polar surface area (TPSA) is 134 Å². The van der Waals surface area contributed by atoms with Crippen molar-refractivity contribution in [3.8, 4) is 17.0 Å². The number of phenols is 1. The Bertz CT molecular complexity index is 1150. The molecule has 7 unspecified atom stereocenters. The summed E-state index contributed by atoms with van der Waals surface area (Å²) in [5, 5.41) is 53.7. The maximum Gasteiger partial charge on any atom is 0.309 e. The van der Waals surface area contributed by atoms with Crippen LogP contribution in [0.2, 0.25) is 0 Å². The van der Waals surface area contributed by atoms with Crippen LogP contribution in [0.15, 0.2) is 36.4 Å². The fraction of sp³-hybridized carbons (Fsp3) is 0.703. The average molecular weight is 612 g/mol. The fourth-order valence-electron chi connectivity index (χ4n) is 8.26. The van der Waals surface area contributed by atoms with Gasteiger partial charge in [-0.05, 0) is 93.9 Å². The molecule has 2 aromatic rings. The highest BCUT2D eigenvalue weighted by Gasteiger charge is 2.48. The van der Waals surface area contributed by atoms with Gasteiger partial charge in [0.15, 0.2) is 0 Å². The van der Waals surface area contributed by atoms with Crippen LogP contribution in [0.25, 0.3) is 11.3 Å². The van der Waals surface area contributed by atoms with Gasteiger partial charge in [-0.25, -0.2) is 0 Å². The molecule has 7 atom stereocenters. The smallest absolute Gasteiger partial charge is 0.309 e. The number of hydrogen-bond donors (Lipinski definition) is 6. The average Bonchev–Trinajstić information content (AvgIpc) is 3.63. The number of carbonyl (C=O) groups is 1. The highest BCUT2D eigenvalue weighted by atomic mass is 16.4. The van der Waals surface area contributed by atoms with Crippen molar-refractivity contribution in [2.45, 2.75) is 146 Å². The van der Waals surface area contributed by atoms with Gasteiger partial charge in [-0.15, -0.1) is 0 Å². The maximum absolute atomic E-state index is 12.5. The van der Waals surface area contributed by atoms with E-state index in [1.807, 2.05) is 18.2 Å². The number of carboxylic acid groups (broad SMARTS) is 1. The molecule has 0 radical (unpaired) electrons. The number of phenolic OH excluding ortho intramolecular Hbond substituents is 1. The summed E-state index contributed by atoms with van der Waals surface area (Å²) in [6.07, 6.45) is 14.5. The van der Waals surface area contributed by atoms with E-state index in [-0.39, 0.29) is 36.0 Å². The summed E-state index contributed by atoms with van der Waals surface area (Å²) >= 11 is 0. The van der Waals surface area contributed by atoms with Crippen LogP contribution in [-0.2, 0) is 4.79 Å². The van der Waals surface area contributed by atoms with Crippen LogP contribution >= 0.6 is 0 Å². The Morgan fingerprint density at radius 1 is 0.955 bits per heavy atom. The van der Waals surface area contributed by atoms with Gasteiger partial charge in [0.2, 0.25) is 0 Å². The van der Waals surface area contributed by atoms with Crippen molar-refractivity contribution in [3.63, 3.8) is 0 Å². The Morgan fingerprint density at radius 2 is 1.70 bits per heavy atom. The molecule has 44 heavy (non-hydrogen) atoms. The van der Waals surface area contributed by atoms with Crippen LogP contribution in [0.1, 0.15) is 134 Å². The van der Waals surface area contributed by atoms with Crippen molar-refractivity contribution in [1.82, 2.24) is 4.98 Å². The van der Waals surface area contributed by atoms with Crippen LogP contribution in [0.4, 0.5) is 0 Å². The molecular weight excluding hydrogens is 554 g/mol. The van der Waals surface area contributed by atoms with Gasteiger partial charge >= 0.3 is 5.97 Å². The number of carboxylic acids is 1. The van der Waals surface area contributed by atoms with Gasteiger partial charge in [0.25, 0.3) is 0 Å². The summed E-state index contributed by atoms with van der Waals surface area (Å²) in [6.45, 7) is 2.21. The Balaban J connectivity index is 1.43. The minimum Gasteiger partial charge on any atom is -0.508 e. The number of fused-ring (bicyclic) bond motifs is 1. The first kappa shape index (κ1) is 34.5. The summed E-state index contributed by atoms with van der Waals surface area (Å²) < 4.78 is 0. The number of aromatic nitrogens is 1. The number of rotatable bonds is 15. The largest absolute Gasteiger partial charge is 0.508 e. The predicted molar refractivity (Wildman–Crippen MR) is 174 cm³/mol. The molecule has 0 amide bonds. The summed E-state index contributed by atoms with van der Waals surface area (Å²) in [6, 6.07) is 11.3. The van der Waals surface area contributed by atoms with Gasteiger partial charge in [0, 0.05) is 22.9 Å². The Morgan fingerprint density at radius 3 is 2.43 bits per heavy atom. The first-order valence-electron chi connectivity index (χ1n) is 17.5. The molecule has 6 N–H and O–H groups in total. The number of H-pyrrole nitrogens is 1. The van der Waals surface area contributed by atoms with Crippen LogP contribution in [0, 0.1) is 17.8 Å². The molecule has 0 bridgehead atoms. The molecule has 2 aliphatic carbocycles. The number of benzene rings is 1. The van der Waals surface area contributed by atoms with Crippen molar-refractivity contribution >= 4 is 5.97 Å². The van der Waals surface area contributed by atoms with Crippen LogP contribution < -0.4 is 0 Å². The monoisotopic (exact) mass is 611 g/mol. The van der Waals surface area contributed by atoms with Gasteiger partial charge in [0.1, 0.15) is 5.75 Å². The lowest BCUT2D eigenvalue weighted by molar-refractivity contribution is -0.150. The SMILES string of the molecule is CCCCCCCC(O)CCCCCC1CCC(c2ccc(-c3cccc(O)c3)[nH]2)C2CCCC2(O)CCC(O)C1C(=O)O. The summed E-state index contributed by atoms with van der Waals surface area (Å²) in [5.74, 6) is -1.65. The molecule has 2 saturated carbocycles. The molecule has 0 spiro atoms. The van der Waals surface area contributed by atoms with Gasteiger partial charge in [-0.1, -0.05) is 76.8 Å². The number of aliphatic hydroxyl groups excluding tert-OH is 2. The normalized spacial score (nSPS) is 28.4. The number of aliphatic carboxylic acids is 1. The number of aromatic hydroxyl groups is 1. The van der Waals surface area contributed by atoms with Crippen molar-refractivity contribution in [2.75, 3.05) is 0 Å². The molecular formula is C37H57NO6. The number of aliphatic hydroxyl groups is 3. The highest BCUT2D eigenvalue weighted by molar-refractivity contribution is 5.71. The third-order valence-electron chi connectivity index (χ3n) is 10.7. The summed E-state index contributed by atoms with van der Waals surface area (Å²) in [7, 11) is 0. The lowest BCUT2D eigenvalue weighted by atomic mass is 9.69. The lowest BCUT2D eigenvalue weighted by Crippen LogP contribution is -2.42. The molecule has 0 saturated heterocycles. The van der Waals surface area contributed by atoms with Crippen molar-refractivity contribution in [3.05, 3.63) is 42.1 Å². The quantitative estimate of drug-likeness (QED) is 0.113. The van der Waals surface area contributed by atoms with Crippen molar-refractivity contribution in [1.29, 1.82) is 0 Å². The van der Waals surface area contributed by atoms with Crippen LogP contribution in [-0.4, -0.2) is 54.3 Å². The number of nitrogens with one attached hydrogen (secondary N) is 1. The Hall–Kier alpha value is -2.35. The van der Waals surface area contributed by atoms with Gasteiger partial charge < -0.3 is 30.5 Å². The zero-order valence-corrected chi connectivity index (χ0v) is 26.8. The molecule has 2 aliphatic rings. The molecule has 2 fully saturated rings. The summed E-state index contributed by atoms with van der Waals surface area (Å²) in [5.41, 5.74) is 1.93. The van der Waals surface area contributed by atoms with E-state index in [9.17, 15) is 30.3 Å². The molecule has 0 aliphatic heterocycles. The van der Waals surface area contributed by atoms with E-state index >= 15 is 0 Å². The third kappa shape index (κ3) is 9.34. The molecule has 1 aromatic carbocycles. The van der Waals surface area contributed by atoms with E-state index in [0.29, 0.717) is 19.3 Å². The minimum absolute atomic E-state index is 0.0378. The first-order valence-corrected chi connectivity index (χ1v) is 17.5. The second-order valence-corrected chi connectivity index (χ2v) is 13.9. The first-order chi connectivity index (χ1) is 21.2. The second-order valence-electron chi connectivity index (χ2n) is 13.9. The number of hydrogen-bond acceptors (Lipinski definition) is 5. The van der Waals surface area contributed by atoms with E-state index in [1.165, 1.54) is 25.7 Å². The Labute approximate surface area is 264 Å². The van der Waals surface area contributed by atoms with Gasteiger partial charge in [0.05, 0.1) is 23.7 Å². The fourth-order valence-corrected chi connectivity index (χ4v) is 8.26. The van der Waals surface area contributed by atoms with Gasteiger partial charge in [-0.2, -0.15) is 0 Å². The number of unbranched alkanes of at least 4 members (excludes halogenated alkanes) is 6. The highest BCUT2D eigenvalue weighted by Crippen LogP contribution is 2.50. The van der Waals surface area contributed by atoms with Crippen LogP contribution in [0.3, 0.4) is 0 Å². The van der Waals surface area contributed by atoms with E-state index in [0.717, 1.165) is 81.2 Å².